The normalized spacial score (nSPS) is 19.3. The zero-order valence-corrected chi connectivity index (χ0v) is 25.9. The Balaban J connectivity index is 1.38. The minimum Gasteiger partial charge on any atom is -0.378 e. The van der Waals surface area contributed by atoms with E-state index in [9.17, 15) is 32.3 Å². The van der Waals surface area contributed by atoms with Crippen LogP contribution in [-0.2, 0) is 27.1 Å². The molecule has 6 rings (SSSR count). The molecule has 2 unspecified atom stereocenters. The van der Waals surface area contributed by atoms with Crippen LogP contribution < -0.4 is 20.0 Å². The number of anilines is 3. The maximum Gasteiger partial charge on any atom is 0.416 e. The van der Waals surface area contributed by atoms with Crippen LogP contribution in [0.15, 0.2) is 82.6 Å². The summed E-state index contributed by atoms with van der Waals surface area (Å²) in [5.74, 6) is -2.94. The van der Waals surface area contributed by atoms with Gasteiger partial charge in [0.15, 0.2) is 0 Å². The standard InChI is InChI=1S/C32H27F3N4O4S2/c1-17-7-11-22(12-8-17)39-28(41)25-24(18-9-13-21(14-10-18)37(2)3)27-30(44-26(25)29(39)42)38(31(43)45-27)16-23(40)36-20-6-4-5-19(15-20)32(33,34)35/h4-15,24-26H,16H2,1-3H3,(H,36,40)/t24-,25?,26?/m1/s1. The van der Waals surface area contributed by atoms with E-state index in [-0.39, 0.29) is 11.6 Å². The second kappa shape index (κ2) is 11.5. The summed E-state index contributed by atoms with van der Waals surface area (Å²) in [5, 5.41) is 1.97. The second-order valence-corrected chi connectivity index (χ2v) is 13.2. The summed E-state index contributed by atoms with van der Waals surface area (Å²) in [6.45, 7) is 1.42. The van der Waals surface area contributed by atoms with Crippen LogP contribution in [0, 0.1) is 12.8 Å². The quantitative estimate of drug-likeness (QED) is 0.268. The van der Waals surface area contributed by atoms with Crippen molar-refractivity contribution in [2.45, 2.75) is 35.8 Å². The largest absolute Gasteiger partial charge is 0.416 e. The molecule has 3 aromatic carbocycles. The van der Waals surface area contributed by atoms with Crippen molar-refractivity contribution < 1.29 is 27.6 Å². The molecule has 232 valence electrons. The number of aromatic nitrogens is 1. The van der Waals surface area contributed by atoms with Gasteiger partial charge in [-0.1, -0.05) is 59.0 Å². The molecule has 0 bridgehead atoms. The fraction of sp³-hybridized carbons (Fsp3) is 0.250. The van der Waals surface area contributed by atoms with E-state index in [1.54, 1.807) is 12.1 Å². The lowest BCUT2D eigenvalue weighted by atomic mass is 9.83. The van der Waals surface area contributed by atoms with Crippen molar-refractivity contribution in [1.82, 2.24) is 4.57 Å². The van der Waals surface area contributed by atoms with Gasteiger partial charge in [0.2, 0.25) is 17.7 Å². The zero-order valence-electron chi connectivity index (χ0n) is 24.3. The molecule has 2 aliphatic heterocycles. The first kappa shape index (κ1) is 30.7. The summed E-state index contributed by atoms with van der Waals surface area (Å²) in [6.07, 6.45) is -4.59. The number of imide groups is 1. The fourth-order valence-electron chi connectivity index (χ4n) is 5.66. The minimum absolute atomic E-state index is 0.0659. The third kappa shape index (κ3) is 5.66. The molecule has 3 heterocycles. The lowest BCUT2D eigenvalue weighted by Crippen LogP contribution is -2.33. The zero-order chi connectivity index (χ0) is 32.2. The number of hydrogen-bond donors (Lipinski definition) is 1. The first-order chi connectivity index (χ1) is 21.3. The first-order valence-electron chi connectivity index (χ1n) is 13.9. The summed E-state index contributed by atoms with van der Waals surface area (Å²) < 4.78 is 40.8. The highest BCUT2D eigenvalue weighted by atomic mass is 32.2. The number of amides is 3. The van der Waals surface area contributed by atoms with Gasteiger partial charge in [0.1, 0.15) is 11.8 Å². The highest BCUT2D eigenvalue weighted by Crippen LogP contribution is 2.54. The second-order valence-electron chi connectivity index (χ2n) is 11.1. The van der Waals surface area contributed by atoms with E-state index in [4.69, 9.17) is 0 Å². The molecule has 45 heavy (non-hydrogen) atoms. The van der Waals surface area contributed by atoms with Crippen LogP contribution in [0.2, 0.25) is 0 Å². The predicted molar refractivity (Wildman–Crippen MR) is 168 cm³/mol. The highest BCUT2D eigenvalue weighted by Gasteiger charge is 2.56. The molecule has 3 amide bonds. The van der Waals surface area contributed by atoms with Gasteiger partial charge in [-0.2, -0.15) is 13.2 Å². The average molecular weight is 653 g/mol. The molecule has 2 aliphatic rings. The van der Waals surface area contributed by atoms with Crippen LogP contribution >= 0.6 is 23.1 Å². The molecular formula is C32H27F3N4O4S2. The van der Waals surface area contributed by atoms with Crippen LogP contribution in [0.3, 0.4) is 0 Å². The van der Waals surface area contributed by atoms with Gasteiger partial charge in [-0.25, -0.2) is 4.90 Å². The van der Waals surface area contributed by atoms with Gasteiger partial charge in [-0.15, -0.1) is 0 Å². The van der Waals surface area contributed by atoms with Crippen molar-refractivity contribution in [2.75, 3.05) is 29.2 Å². The number of aryl methyl sites for hydroxylation is 1. The molecule has 1 N–H and O–H groups in total. The number of rotatable bonds is 6. The Hall–Kier alpha value is -4.36. The lowest BCUT2D eigenvalue weighted by Gasteiger charge is -2.31. The van der Waals surface area contributed by atoms with Gasteiger partial charge < -0.3 is 10.2 Å². The molecule has 8 nitrogen and oxygen atoms in total. The summed E-state index contributed by atoms with van der Waals surface area (Å²) in [7, 11) is 3.80. The number of hydrogen-bond acceptors (Lipinski definition) is 7. The number of thioether (sulfide) groups is 1. The Morgan fingerprint density at radius 2 is 1.64 bits per heavy atom. The van der Waals surface area contributed by atoms with Crippen LogP contribution in [0.1, 0.15) is 27.5 Å². The van der Waals surface area contributed by atoms with Crippen molar-refractivity contribution in [2.24, 2.45) is 5.92 Å². The van der Waals surface area contributed by atoms with Gasteiger partial charge >= 0.3 is 11.0 Å². The molecular weight excluding hydrogens is 626 g/mol. The van der Waals surface area contributed by atoms with Crippen molar-refractivity contribution in [3.63, 3.8) is 0 Å². The maximum atomic E-state index is 14.0. The first-order valence-corrected chi connectivity index (χ1v) is 15.6. The Labute approximate surface area is 264 Å². The van der Waals surface area contributed by atoms with Gasteiger partial charge in [0.25, 0.3) is 0 Å². The topological polar surface area (TPSA) is 91.7 Å². The lowest BCUT2D eigenvalue weighted by molar-refractivity contribution is -0.137. The highest BCUT2D eigenvalue weighted by molar-refractivity contribution is 8.00. The number of benzene rings is 3. The molecule has 1 aromatic heterocycles. The molecule has 3 atom stereocenters. The molecule has 1 saturated heterocycles. The molecule has 0 radical (unpaired) electrons. The molecule has 4 aromatic rings. The van der Waals surface area contributed by atoms with Gasteiger partial charge in [0, 0.05) is 36.3 Å². The van der Waals surface area contributed by atoms with Gasteiger partial charge in [-0.05, 0) is 55.0 Å². The van der Waals surface area contributed by atoms with Gasteiger partial charge in [-0.3, -0.25) is 23.7 Å². The van der Waals surface area contributed by atoms with Gasteiger partial charge in [0.05, 0.1) is 22.2 Å². The number of fused-ring (bicyclic) bond motifs is 2. The fourth-order valence-corrected chi connectivity index (χ4v) is 8.43. The van der Waals surface area contributed by atoms with Crippen molar-refractivity contribution in [3.05, 3.63) is 104 Å². The number of nitrogens with one attached hydrogen (secondary N) is 1. The smallest absolute Gasteiger partial charge is 0.378 e. The Morgan fingerprint density at radius 3 is 2.29 bits per heavy atom. The third-order valence-corrected chi connectivity index (χ3v) is 10.5. The Bertz CT molecular complexity index is 1870. The number of thiazole rings is 1. The van der Waals surface area contributed by atoms with E-state index in [0.29, 0.717) is 15.6 Å². The molecule has 1 fully saturated rings. The Kier molecular flexibility index (Phi) is 7.86. The SMILES string of the molecule is Cc1ccc(N2C(=O)C3Sc4c(sc(=O)n4CC(=O)Nc4cccc(C(F)(F)F)c4)[C@H](c4ccc(N(C)C)cc4)C3C2=O)cc1. The monoisotopic (exact) mass is 652 g/mol. The van der Waals surface area contributed by atoms with E-state index in [1.165, 1.54) is 21.6 Å². The van der Waals surface area contributed by atoms with E-state index in [1.807, 2.05) is 62.3 Å². The van der Waals surface area contributed by atoms with Crippen molar-refractivity contribution >= 4 is 57.9 Å². The number of carbonyl (C=O) groups excluding carboxylic acids is 3. The minimum atomic E-state index is -4.59. The third-order valence-electron chi connectivity index (χ3n) is 7.89. The van der Waals surface area contributed by atoms with Crippen LogP contribution in [0.5, 0.6) is 0 Å². The van der Waals surface area contributed by atoms with Crippen molar-refractivity contribution in [3.8, 4) is 0 Å². The number of alkyl halides is 3. The van der Waals surface area contributed by atoms with E-state index in [2.05, 4.69) is 5.32 Å². The molecule has 0 saturated carbocycles. The average Bonchev–Trinajstić information content (AvgIpc) is 3.43. The summed E-state index contributed by atoms with van der Waals surface area (Å²) in [5.41, 5.74) is 2.10. The molecule has 0 aliphatic carbocycles. The van der Waals surface area contributed by atoms with Crippen LogP contribution in [-0.4, -0.2) is 41.6 Å². The van der Waals surface area contributed by atoms with Crippen LogP contribution in [0.25, 0.3) is 0 Å². The predicted octanol–water partition coefficient (Wildman–Crippen LogP) is 5.74. The molecule has 13 heteroatoms. The summed E-state index contributed by atoms with van der Waals surface area (Å²) in [4.78, 5) is 57.5. The Morgan fingerprint density at radius 1 is 0.956 bits per heavy atom. The van der Waals surface area contributed by atoms with E-state index >= 15 is 0 Å². The van der Waals surface area contributed by atoms with Crippen LogP contribution in [0.4, 0.5) is 30.2 Å². The number of nitrogens with zero attached hydrogens (tertiary/aromatic N) is 3. The van der Waals surface area contributed by atoms with E-state index < -0.39 is 52.1 Å². The maximum absolute atomic E-state index is 14.0. The summed E-state index contributed by atoms with van der Waals surface area (Å²) >= 11 is 1.97. The molecule has 0 spiro atoms. The number of halogens is 3. The van der Waals surface area contributed by atoms with E-state index in [0.717, 1.165) is 52.0 Å². The van der Waals surface area contributed by atoms with Crippen molar-refractivity contribution in [1.29, 1.82) is 0 Å². The summed E-state index contributed by atoms with van der Waals surface area (Å²) in [6, 6.07) is 18.8. The number of carbonyl (C=O) groups is 3.